The van der Waals surface area contributed by atoms with Crippen LogP contribution in [0.5, 0.6) is 28.7 Å². The third kappa shape index (κ3) is 5.83. The van der Waals surface area contributed by atoms with Gasteiger partial charge in [-0.2, -0.15) is 0 Å². The van der Waals surface area contributed by atoms with Gasteiger partial charge in [0.1, 0.15) is 24.7 Å². The van der Waals surface area contributed by atoms with E-state index in [4.69, 9.17) is 28.4 Å². The van der Waals surface area contributed by atoms with Crippen LogP contribution in [-0.2, 0) is 16.8 Å². The molecule has 180 valence electrons. The number of para-hydroxylation sites is 1. The maximum atomic E-state index is 12.2. The lowest BCUT2D eigenvalue weighted by Gasteiger charge is -2.25. The van der Waals surface area contributed by atoms with Gasteiger partial charge in [0.2, 0.25) is 0 Å². The minimum atomic E-state index is -0.710. The van der Waals surface area contributed by atoms with Crippen LogP contribution in [0.25, 0.3) is 0 Å². The number of methoxy groups -OCH3 is 4. The minimum Gasteiger partial charge on any atom is -0.492 e. The van der Waals surface area contributed by atoms with Crippen LogP contribution in [0.3, 0.4) is 0 Å². The zero-order valence-corrected chi connectivity index (χ0v) is 20.4. The molecule has 0 saturated heterocycles. The zero-order valence-electron chi connectivity index (χ0n) is 20.4. The number of carbonyl (C=O) groups is 1. The van der Waals surface area contributed by atoms with Gasteiger partial charge in [0.15, 0.2) is 23.0 Å². The molecule has 0 aliphatic carbocycles. The van der Waals surface area contributed by atoms with Gasteiger partial charge in [-0.25, -0.2) is 4.79 Å². The quantitative estimate of drug-likeness (QED) is 0.481. The molecule has 0 aromatic heterocycles. The van der Waals surface area contributed by atoms with Crippen molar-refractivity contribution in [3.8, 4) is 28.7 Å². The molecule has 2 aromatic rings. The molecule has 1 amide bonds. The van der Waals surface area contributed by atoms with Gasteiger partial charge in [-0.15, -0.1) is 0 Å². The van der Waals surface area contributed by atoms with E-state index in [9.17, 15) is 4.79 Å². The van der Waals surface area contributed by atoms with Gasteiger partial charge in [0, 0.05) is 0 Å². The average Bonchev–Trinajstić information content (AvgIpc) is 2.80. The summed E-state index contributed by atoms with van der Waals surface area (Å²) >= 11 is 0. The fourth-order valence-electron chi connectivity index (χ4n) is 3.41. The summed E-state index contributed by atoms with van der Waals surface area (Å²) in [6, 6.07) is 7.85. The molecule has 0 heterocycles. The molecule has 0 bridgehead atoms. The van der Waals surface area contributed by atoms with Crippen molar-refractivity contribution in [2.45, 2.75) is 32.8 Å². The summed E-state index contributed by atoms with van der Waals surface area (Å²) in [7, 11) is 5.92. The lowest BCUT2D eigenvalue weighted by atomic mass is 9.86. The van der Waals surface area contributed by atoms with E-state index < -0.39 is 6.09 Å². The first-order chi connectivity index (χ1) is 15.7. The van der Waals surface area contributed by atoms with Gasteiger partial charge in [-0.1, -0.05) is 51.6 Å². The van der Waals surface area contributed by atoms with Crippen LogP contribution in [0, 0.1) is 0 Å². The van der Waals surface area contributed by atoms with Gasteiger partial charge in [-0.3, -0.25) is 5.32 Å². The van der Waals surface area contributed by atoms with Crippen molar-refractivity contribution in [2.24, 2.45) is 0 Å². The summed E-state index contributed by atoms with van der Waals surface area (Å²) in [6.07, 6.45) is 0.754. The van der Waals surface area contributed by atoms with Crippen LogP contribution in [0.1, 0.15) is 31.9 Å². The minimum absolute atomic E-state index is 0.0455. The van der Waals surface area contributed by atoms with E-state index in [1.54, 1.807) is 0 Å². The highest BCUT2D eigenvalue weighted by Crippen LogP contribution is 2.52. The Balaban J connectivity index is 2.57. The number of benzene rings is 2. The summed E-state index contributed by atoms with van der Waals surface area (Å²) in [6.45, 7) is 10.0. The molecule has 0 fully saturated rings. The van der Waals surface area contributed by atoms with Gasteiger partial charge in [-0.05, 0) is 17.0 Å². The van der Waals surface area contributed by atoms with Crippen LogP contribution >= 0.6 is 0 Å². The normalized spacial score (nSPS) is 10.8. The van der Waals surface area contributed by atoms with Gasteiger partial charge in [0.05, 0.1) is 34.0 Å². The lowest BCUT2D eigenvalue weighted by molar-refractivity contribution is 0.174. The maximum absolute atomic E-state index is 12.2. The van der Waals surface area contributed by atoms with E-state index >= 15 is 0 Å². The van der Waals surface area contributed by atoms with E-state index in [-0.39, 0.29) is 35.8 Å². The molecule has 0 aliphatic heterocycles. The summed E-state index contributed by atoms with van der Waals surface area (Å²) in [5, 5.41) is 2.64. The second-order valence-electron chi connectivity index (χ2n) is 8.03. The Morgan fingerprint density at radius 3 is 1.97 bits per heavy atom. The highest BCUT2D eigenvalue weighted by atomic mass is 16.6. The number of hydrogen-bond donors (Lipinski definition) is 1. The molecule has 0 aliphatic rings. The Kier molecular flexibility index (Phi) is 8.85. The Bertz CT molecular complexity index is 946. The number of carbonyl (C=O) groups excluding carboxylic acids is 1. The van der Waals surface area contributed by atoms with Crippen molar-refractivity contribution in [2.75, 3.05) is 40.4 Å². The van der Waals surface area contributed by atoms with E-state index in [0.717, 1.165) is 11.3 Å². The predicted octanol–water partition coefficient (Wildman–Crippen LogP) is 5.33. The van der Waals surface area contributed by atoms with Gasteiger partial charge < -0.3 is 28.4 Å². The fourth-order valence-corrected chi connectivity index (χ4v) is 3.41. The summed E-state index contributed by atoms with van der Waals surface area (Å²) in [5.74, 6) is 1.90. The molecule has 8 nitrogen and oxygen atoms in total. The number of nitrogens with one attached hydrogen (secondary N) is 1. The van der Waals surface area contributed by atoms with Crippen LogP contribution in [0.2, 0.25) is 0 Å². The van der Waals surface area contributed by atoms with Crippen molar-refractivity contribution in [3.63, 3.8) is 0 Å². The Hall–Kier alpha value is -3.55. The molecular formula is C25H33NO7. The molecule has 0 radical (unpaired) electrons. The smallest absolute Gasteiger partial charge is 0.412 e. The van der Waals surface area contributed by atoms with Crippen LogP contribution in [0.4, 0.5) is 10.5 Å². The first-order valence-corrected chi connectivity index (χ1v) is 10.4. The average molecular weight is 460 g/mol. The highest BCUT2D eigenvalue weighted by Gasteiger charge is 2.29. The molecular weight excluding hydrogens is 426 g/mol. The van der Waals surface area contributed by atoms with Gasteiger partial charge in [0.25, 0.3) is 0 Å². The zero-order chi connectivity index (χ0) is 24.6. The summed E-state index contributed by atoms with van der Waals surface area (Å²) in [4.78, 5) is 12.2. The fraction of sp³-hybridized carbons (Fsp3) is 0.400. The van der Waals surface area contributed by atoms with Crippen LogP contribution in [-0.4, -0.2) is 41.1 Å². The van der Waals surface area contributed by atoms with Crippen LogP contribution in [0.15, 0.2) is 36.9 Å². The highest BCUT2D eigenvalue weighted by molar-refractivity contribution is 5.92. The topological polar surface area (TPSA) is 84.5 Å². The van der Waals surface area contributed by atoms with E-state index in [0.29, 0.717) is 17.1 Å². The SMILES string of the molecule is C=CCOC(=O)Nc1c(OC)c(OC)c(COc2ccccc2C(C)(C)C)c(OC)c1OC. The second kappa shape index (κ2) is 11.4. The second-order valence-corrected chi connectivity index (χ2v) is 8.03. The third-order valence-electron chi connectivity index (χ3n) is 4.86. The predicted molar refractivity (Wildman–Crippen MR) is 127 cm³/mol. The van der Waals surface area contributed by atoms with Crippen molar-refractivity contribution in [1.82, 2.24) is 0 Å². The summed E-state index contributed by atoms with van der Waals surface area (Å²) < 4.78 is 33.7. The standard InChI is InChI=1S/C25H33NO7/c1-9-14-32-24(27)26-19-22(30-7)20(28-5)16(21(29-6)23(19)31-8)15-33-18-13-11-10-12-17(18)25(2,3)4/h9-13H,1,14-15H2,2-8H3,(H,26,27). The molecule has 0 spiro atoms. The molecule has 8 heteroatoms. The van der Waals surface area contributed by atoms with Crippen molar-refractivity contribution < 1.29 is 33.2 Å². The molecule has 0 saturated carbocycles. The third-order valence-corrected chi connectivity index (χ3v) is 4.86. The first kappa shape index (κ1) is 25.7. The molecule has 2 aromatic carbocycles. The molecule has 2 rings (SSSR count). The molecule has 0 unspecified atom stereocenters. The summed E-state index contributed by atoms with van der Waals surface area (Å²) in [5.41, 5.74) is 1.72. The number of hydrogen-bond acceptors (Lipinski definition) is 7. The number of rotatable bonds is 10. The Labute approximate surface area is 195 Å². The number of anilines is 1. The Morgan fingerprint density at radius 2 is 1.48 bits per heavy atom. The van der Waals surface area contributed by atoms with Crippen molar-refractivity contribution in [3.05, 3.63) is 48.0 Å². The number of ether oxygens (including phenoxy) is 6. The molecule has 33 heavy (non-hydrogen) atoms. The Morgan fingerprint density at radius 1 is 0.939 bits per heavy atom. The monoisotopic (exact) mass is 459 g/mol. The lowest BCUT2D eigenvalue weighted by Crippen LogP contribution is -2.17. The maximum Gasteiger partial charge on any atom is 0.412 e. The van der Waals surface area contributed by atoms with Gasteiger partial charge >= 0.3 is 6.09 Å². The van der Waals surface area contributed by atoms with E-state index in [1.165, 1.54) is 34.5 Å². The van der Waals surface area contributed by atoms with Crippen molar-refractivity contribution >= 4 is 11.8 Å². The molecule has 0 atom stereocenters. The number of amides is 1. The van der Waals surface area contributed by atoms with E-state index in [1.807, 2.05) is 24.3 Å². The van der Waals surface area contributed by atoms with Crippen LogP contribution < -0.4 is 29.0 Å². The molecule has 1 N–H and O–H groups in total. The largest absolute Gasteiger partial charge is 0.492 e. The first-order valence-electron chi connectivity index (χ1n) is 10.4. The van der Waals surface area contributed by atoms with E-state index in [2.05, 4.69) is 32.7 Å². The van der Waals surface area contributed by atoms with Crippen molar-refractivity contribution in [1.29, 1.82) is 0 Å².